The number of para-hydroxylation sites is 1. The third-order valence-corrected chi connectivity index (χ3v) is 5.87. The first-order valence-electron chi connectivity index (χ1n) is 10.3. The number of carbonyl (C=O) groups excluding carboxylic acids is 2. The van der Waals surface area contributed by atoms with Crippen LogP contribution in [0, 0.1) is 13.8 Å². The van der Waals surface area contributed by atoms with E-state index in [0.717, 1.165) is 16.7 Å². The second kappa shape index (κ2) is 9.57. The van der Waals surface area contributed by atoms with Gasteiger partial charge >= 0.3 is 0 Å². The number of anilines is 1. The van der Waals surface area contributed by atoms with Gasteiger partial charge < -0.3 is 4.74 Å². The maximum atomic E-state index is 13.3. The minimum atomic E-state index is -0.547. The average Bonchev–Trinajstić information content (AvgIpc) is 2.78. The summed E-state index contributed by atoms with van der Waals surface area (Å²) in [6, 6.07) is 20.2. The van der Waals surface area contributed by atoms with Crippen LogP contribution < -0.4 is 15.0 Å². The van der Waals surface area contributed by atoms with E-state index in [2.05, 4.69) is 5.32 Å². The van der Waals surface area contributed by atoms with E-state index in [-0.39, 0.29) is 10.7 Å². The van der Waals surface area contributed by atoms with E-state index in [1.165, 1.54) is 11.0 Å². The number of amides is 2. The number of nitrogens with zero attached hydrogens (tertiary/aromatic N) is 1. The number of carbonyl (C=O) groups is 2. The summed E-state index contributed by atoms with van der Waals surface area (Å²) in [5, 5.41) is 3.30. The molecule has 3 aromatic rings. The second-order valence-corrected chi connectivity index (χ2v) is 8.51. The summed E-state index contributed by atoms with van der Waals surface area (Å²) >= 11 is 11.4. The second-order valence-electron chi connectivity index (χ2n) is 7.68. The number of thiocarbonyl (C=S) groups is 1. The van der Waals surface area contributed by atoms with Crippen molar-refractivity contribution in [1.29, 1.82) is 0 Å². The monoisotopic (exact) mass is 476 g/mol. The number of aryl methyl sites for hydroxylation is 2. The molecule has 2 amide bonds. The fraction of sp³-hybridized carbons (Fsp3) is 0.115. The van der Waals surface area contributed by atoms with Crippen LogP contribution in [0.5, 0.6) is 5.75 Å². The van der Waals surface area contributed by atoms with Crippen molar-refractivity contribution in [3.05, 3.63) is 99.6 Å². The number of rotatable bonds is 5. The van der Waals surface area contributed by atoms with E-state index in [4.69, 9.17) is 28.6 Å². The van der Waals surface area contributed by atoms with Crippen molar-refractivity contribution < 1.29 is 14.3 Å². The summed E-state index contributed by atoms with van der Waals surface area (Å²) in [5.74, 6) is -0.497. The largest absolute Gasteiger partial charge is 0.488 e. The lowest BCUT2D eigenvalue weighted by atomic mass is 10.0. The van der Waals surface area contributed by atoms with E-state index in [0.29, 0.717) is 28.6 Å². The van der Waals surface area contributed by atoms with Gasteiger partial charge in [0.15, 0.2) is 5.11 Å². The van der Waals surface area contributed by atoms with E-state index in [9.17, 15) is 9.59 Å². The van der Waals surface area contributed by atoms with Gasteiger partial charge in [-0.15, -0.1) is 0 Å². The van der Waals surface area contributed by atoms with Gasteiger partial charge in [-0.2, -0.15) is 0 Å². The van der Waals surface area contributed by atoms with E-state index in [1.54, 1.807) is 18.2 Å². The molecular formula is C26H21ClN2O3S. The molecule has 0 radical (unpaired) electrons. The lowest BCUT2D eigenvalue weighted by Gasteiger charge is -2.29. The molecule has 1 aliphatic rings. The van der Waals surface area contributed by atoms with Crippen molar-refractivity contribution in [2.24, 2.45) is 0 Å². The molecule has 1 fully saturated rings. The Morgan fingerprint density at radius 1 is 1.00 bits per heavy atom. The van der Waals surface area contributed by atoms with Gasteiger partial charge in [-0.25, -0.2) is 0 Å². The van der Waals surface area contributed by atoms with Crippen molar-refractivity contribution in [2.45, 2.75) is 20.5 Å². The van der Waals surface area contributed by atoms with Crippen LogP contribution in [0.15, 0.2) is 72.3 Å². The quantitative estimate of drug-likeness (QED) is 0.305. The number of benzene rings is 3. The molecule has 0 aromatic heterocycles. The molecular weight excluding hydrogens is 456 g/mol. The Morgan fingerprint density at radius 3 is 2.55 bits per heavy atom. The highest BCUT2D eigenvalue weighted by Crippen LogP contribution is 2.27. The molecule has 0 bridgehead atoms. The van der Waals surface area contributed by atoms with Crippen LogP contribution in [0.2, 0.25) is 5.02 Å². The molecule has 4 rings (SSSR count). The lowest BCUT2D eigenvalue weighted by Crippen LogP contribution is -2.54. The normalized spacial score (nSPS) is 15.1. The average molecular weight is 477 g/mol. The maximum absolute atomic E-state index is 13.3. The molecule has 166 valence electrons. The molecule has 1 heterocycles. The highest BCUT2D eigenvalue weighted by Gasteiger charge is 2.34. The van der Waals surface area contributed by atoms with Crippen LogP contribution in [0.1, 0.15) is 22.3 Å². The van der Waals surface area contributed by atoms with Crippen LogP contribution in [0.3, 0.4) is 0 Å². The topological polar surface area (TPSA) is 58.6 Å². The molecule has 0 atom stereocenters. The molecule has 5 nitrogen and oxygen atoms in total. The van der Waals surface area contributed by atoms with Crippen LogP contribution in [-0.2, 0) is 16.2 Å². The zero-order chi connectivity index (χ0) is 23.5. The Labute approximate surface area is 202 Å². The van der Waals surface area contributed by atoms with Crippen molar-refractivity contribution in [2.75, 3.05) is 4.90 Å². The predicted molar refractivity (Wildman–Crippen MR) is 134 cm³/mol. The summed E-state index contributed by atoms with van der Waals surface area (Å²) in [6.07, 6.45) is 1.53. The SMILES string of the molecule is Cc1ccc(N2C(=O)/C(=C/c3ccccc3OCc3cccc(Cl)c3)C(=O)NC2=S)cc1C. The van der Waals surface area contributed by atoms with Crippen molar-refractivity contribution >= 4 is 52.5 Å². The fourth-order valence-electron chi connectivity index (χ4n) is 3.43. The van der Waals surface area contributed by atoms with E-state index in [1.807, 2.05) is 62.4 Å². The Morgan fingerprint density at radius 2 is 1.79 bits per heavy atom. The molecule has 1 N–H and O–H groups in total. The molecule has 0 unspecified atom stereocenters. The third kappa shape index (κ3) is 4.97. The molecule has 0 saturated carbocycles. The minimum Gasteiger partial charge on any atom is -0.488 e. The Hall–Kier alpha value is -3.48. The maximum Gasteiger partial charge on any atom is 0.270 e. The predicted octanol–water partition coefficient (Wildman–Crippen LogP) is 5.37. The molecule has 33 heavy (non-hydrogen) atoms. The van der Waals surface area contributed by atoms with Gasteiger partial charge in [0.05, 0.1) is 5.69 Å². The number of ether oxygens (including phenoxy) is 1. The highest BCUT2D eigenvalue weighted by molar-refractivity contribution is 7.80. The van der Waals surface area contributed by atoms with Crippen LogP contribution in [0.4, 0.5) is 5.69 Å². The van der Waals surface area contributed by atoms with Gasteiger partial charge in [-0.1, -0.05) is 48.0 Å². The van der Waals surface area contributed by atoms with Crippen molar-refractivity contribution in [1.82, 2.24) is 5.32 Å². The van der Waals surface area contributed by atoms with Gasteiger partial charge in [0.2, 0.25) is 0 Å². The van der Waals surface area contributed by atoms with Crippen LogP contribution in [0.25, 0.3) is 6.08 Å². The molecule has 1 saturated heterocycles. The third-order valence-electron chi connectivity index (χ3n) is 5.35. The van der Waals surface area contributed by atoms with Gasteiger partial charge in [-0.05, 0) is 79.2 Å². The number of nitrogens with one attached hydrogen (secondary N) is 1. The summed E-state index contributed by atoms with van der Waals surface area (Å²) in [5.41, 5.74) is 4.20. The zero-order valence-electron chi connectivity index (χ0n) is 18.1. The first-order valence-corrected chi connectivity index (χ1v) is 11.1. The van der Waals surface area contributed by atoms with Gasteiger partial charge in [-0.3, -0.25) is 19.8 Å². The number of hydrogen-bond donors (Lipinski definition) is 1. The molecule has 0 spiro atoms. The van der Waals surface area contributed by atoms with Crippen LogP contribution >= 0.6 is 23.8 Å². The molecule has 7 heteroatoms. The van der Waals surface area contributed by atoms with Gasteiger partial charge in [0.25, 0.3) is 11.8 Å². The van der Waals surface area contributed by atoms with Crippen molar-refractivity contribution in [3.8, 4) is 5.75 Å². The van der Waals surface area contributed by atoms with Crippen LogP contribution in [-0.4, -0.2) is 16.9 Å². The molecule has 3 aromatic carbocycles. The Balaban J connectivity index is 1.65. The first kappa shape index (κ1) is 22.7. The summed E-state index contributed by atoms with van der Waals surface area (Å²) < 4.78 is 5.97. The number of halogens is 1. The Kier molecular flexibility index (Phi) is 6.58. The smallest absolute Gasteiger partial charge is 0.270 e. The van der Waals surface area contributed by atoms with E-state index < -0.39 is 11.8 Å². The first-order chi connectivity index (χ1) is 15.8. The molecule has 0 aliphatic carbocycles. The standard InChI is InChI=1S/C26H21ClN2O3S/c1-16-10-11-21(12-17(16)2)29-25(31)22(24(30)28-26(29)33)14-19-7-3-4-9-23(19)32-15-18-6-5-8-20(27)13-18/h3-14H,15H2,1-2H3,(H,28,30,33)/b22-14+. The van der Waals surface area contributed by atoms with E-state index >= 15 is 0 Å². The minimum absolute atomic E-state index is 0.0272. The molecule has 1 aliphatic heterocycles. The van der Waals surface area contributed by atoms with Gasteiger partial charge in [0.1, 0.15) is 17.9 Å². The number of hydrogen-bond acceptors (Lipinski definition) is 4. The fourth-order valence-corrected chi connectivity index (χ4v) is 3.93. The van der Waals surface area contributed by atoms with Crippen molar-refractivity contribution in [3.63, 3.8) is 0 Å². The summed E-state index contributed by atoms with van der Waals surface area (Å²) in [7, 11) is 0. The lowest BCUT2D eigenvalue weighted by molar-refractivity contribution is -0.122. The Bertz CT molecular complexity index is 1300. The zero-order valence-corrected chi connectivity index (χ0v) is 19.7. The highest BCUT2D eigenvalue weighted by atomic mass is 35.5. The van der Waals surface area contributed by atoms with Gasteiger partial charge in [0, 0.05) is 10.6 Å². The summed E-state index contributed by atoms with van der Waals surface area (Å²) in [6.45, 7) is 4.24. The summed E-state index contributed by atoms with van der Waals surface area (Å²) in [4.78, 5) is 27.3.